The van der Waals surface area contributed by atoms with Crippen LogP contribution in [0.3, 0.4) is 0 Å². The van der Waals surface area contributed by atoms with Crippen molar-refractivity contribution in [3.63, 3.8) is 0 Å². The van der Waals surface area contributed by atoms with Gasteiger partial charge in [0.1, 0.15) is 0 Å². The van der Waals surface area contributed by atoms with Crippen molar-refractivity contribution in [2.75, 3.05) is 13.6 Å². The van der Waals surface area contributed by atoms with Crippen LogP contribution in [0.1, 0.15) is 6.92 Å². The van der Waals surface area contributed by atoms with Gasteiger partial charge in [-0.15, -0.1) is 0 Å². The lowest BCUT2D eigenvalue weighted by molar-refractivity contribution is 0.432. The Kier molecular flexibility index (Phi) is 6.13. The fraction of sp³-hybridized carbons (Fsp3) is 1.00. The Hall–Kier alpha value is 0.580. The average Bonchev–Trinajstić information content (AvgIpc) is 1.68. The standard InChI is InChI=1S/C3H11N3S2/c1-3-5-6(2)8-7-4/h5H,3-4H2,1-2H3. The van der Waals surface area contributed by atoms with E-state index in [-0.39, 0.29) is 0 Å². The van der Waals surface area contributed by atoms with E-state index < -0.39 is 0 Å². The summed E-state index contributed by atoms with van der Waals surface area (Å²) in [5, 5.41) is 5.16. The van der Waals surface area contributed by atoms with Gasteiger partial charge in [-0.05, 0) is 0 Å². The van der Waals surface area contributed by atoms with Gasteiger partial charge in [-0.2, -0.15) is 4.41 Å². The van der Waals surface area contributed by atoms with Crippen LogP contribution in [0.5, 0.6) is 0 Å². The first kappa shape index (κ1) is 8.58. The molecule has 0 rings (SSSR count). The molecule has 0 unspecified atom stereocenters. The summed E-state index contributed by atoms with van der Waals surface area (Å²) >= 11 is 0. The lowest BCUT2D eigenvalue weighted by Gasteiger charge is -2.11. The van der Waals surface area contributed by atoms with Crippen molar-refractivity contribution in [1.29, 1.82) is 0 Å². The molecule has 0 spiro atoms. The van der Waals surface area contributed by atoms with Crippen LogP contribution in [0.2, 0.25) is 0 Å². The van der Waals surface area contributed by atoms with Gasteiger partial charge in [0.05, 0.1) is 0 Å². The molecular weight excluding hydrogens is 142 g/mol. The second-order valence-corrected chi connectivity index (χ2v) is 3.09. The second kappa shape index (κ2) is 5.71. The van der Waals surface area contributed by atoms with Crippen LogP contribution in [-0.2, 0) is 0 Å². The molecule has 0 aromatic rings. The third kappa shape index (κ3) is 4.73. The molecule has 0 aliphatic rings. The predicted molar refractivity (Wildman–Crippen MR) is 40.8 cm³/mol. The molecule has 0 fully saturated rings. The van der Waals surface area contributed by atoms with Gasteiger partial charge in [0.25, 0.3) is 0 Å². The molecule has 3 nitrogen and oxygen atoms in total. The lowest BCUT2D eigenvalue weighted by Crippen LogP contribution is -2.27. The zero-order valence-corrected chi connectivity index (χ0v) is 6.68. The molecule has 5 heteroatoms. The topological polar surface area (TPSA) is 41.3 Å². The predicted octanol–water partition coefficient (Wildman–Crippen LogP) is 0.613. The average molecular weight is 153 g/mol. The largest absolute Gasteiger partial charge is 0.267 e. The first-order valence-corrected chi connectivity index (χ1v) is 4.49. The number of hydrogen-bond acceptors (Lipinski definition) is 5. The highest BCUT2D eigenvalue weighted by Gasteiger charge is 1.90. The van der Waals surface area contributed by atoms with Crippen molar-refractivity contribution in [3.8, 4) is 0 Å². The third-order valence-corrected chi connectivity index (χ3v) is 1.90. The van der Waals surface area contributed by atoms with Crippen LogP contribution >= 0.6 is 22.0 Å². The smallest absolute Gasteiger partial charge is 0.0229 e. The fourth-order valence-electron chi connectivity index (χ4n) is 0.314. The van der Waals surface area contributed by atoms with E-state index in [0.29, 0.717) is 0 Å². The first-order chi connectivity index (χ1) is 3.81. The zero-order valence-electron chi connectivity index (χ0n) is 5.05. The zero-order chi connectivity index (χ0) is 6.41. The summed E-state index contributed by atoms with van der Waals surface area (Å²) in [4.78, 5) is 0. The van der Waals surface area contributed by atoms with Crippen LogP contribution in [-0.4, -0.2) is 18.0 Å². The Balaban J connectivity index is 2.92. The number of nitrogens with two attached hydrogens (primary N) is 1. The second-order valence-electron chi connectivity index (χ2n) is 1.18. The molecule has 50 valence electrons. The van der Waals surface area contributed by atoms with E-state index in [1.54, 1.807) is 0 Å². The van der Waals surface area contributed by atoms with Crippen molar-refractivity contribution in [2.24, 2.45) is 5.14 Å². The minimum absolute atomic E-state index is 0.935. The quantitative estimate of drug-likeness (QED) is 0.352. The van der Waals surface area contributed by atoms with Crippen LogP contribution in [0, 0.1) is 0 Å². The highest BCUT2D eigenvalue weighted by Crippen LogP contribution is 2.14. The maximum atomic E-state index is 5.16. The SMILES string of the molecule is CCNN(C)SSN. The molecule has 0 amide bonds. The Morgan fingerprint density at radius 1 is 1.75 bits per heavy atom. The molecule has 0 aliphatic carbocycles. The Morgan fingerprint density at radius 3 is 2.75 bits per heavy atom. The van der Waals surface area contributed by atoms with E-state index in [1.807, 2.05) is 18.4 Å². The molecular formula is C3H11N3S2. The summed E-state index contributed by atoms with van der Waals surface area (Å²) in [6.45, 7) is 2.97. The molecule has 8 heavy (non-hydrogen) atoms. The third-order valence-electron chi connectivity index (χ3n) is 0.536. The van der Waals surface area contributed by atoms with E-state index in [2.05, 4.69) is 5.43 Å². The highest BCUT2D eigenvalue weighted by molar-refractivity contribution is 8.74. The van der Waals surface area contributed by atoms with E-state index >= 15 is 0 Å². The van der Waals surface area contributed by atoms with E-state index in [9.17, 15) is 0 Å². The number of nitrogens with zero attached hydrogens (tertiary/aromatic N) is 1. The van der Waals surface area contributed by atoms with Gasteiger partial charge in [-0.25, -0.2) is 5.43 Å². The maximum absolute atomic E-state index is 5.16. The van der Waals surface area contributed by atoms with Crippen LogP contribution < -0.4 is 10.6 Å². The molecule has 0 atom stereocenters. The van der Waals surface area contributed by atoms with E-state index in [1.165, 1.54) is 22.0 Å². The van der Waals surface area contributed by atoms with E-state index in [0.717, 1.165) is 6.54 Å². The number of rotatable bonds is 4. The van der Waals surface area contributed by atoms with Crippen molar-refractivity contribution in [2.45, 2.75) is 6.92 Å². The van der Waals surface area contributed by atoms with Crippen LogP contribution in [0.4, 0.5) is 0 Å². The molecule has 0 heterocycles. The summed E-state index contributed by atoms with van der Waals surface area (Å²) in [5.41, 5.74) is 3.04. The molecule has 3 N–H and O–H groups in total. The van der Waals surface area contributed by atoms with E-state index in [4.69, 9.17) is 5.14 Å². The van der Waals surface area contributed by atoms with Crippen LogP contribution in [0.15, 0.2) is 0 Å². The van der Waals surface area contributed by atoms with Crippen LogP contribution in [0.25, 0.3) is 0 Å². The number of hydrogen-bond donors (Lipinski definition) is 2. The molecule has 0 saturated carbocycles. The van der Waals surface area contributed by atoms with Gasteiger partial charge >= 0.3 is 0 Å². The normalized spacial score (nSPS) is 10.5. The fourth-order valence-corrected chi connectivity index (χ4v) is 1.17. The van der Waals surface area contributed by atoms with Gasteiger partial charge in [-0.3, -0.25) is 5.14 Å². The Bertz CT molecular complexity index is 45.8. The van der Waals surface area contributed by atoms with Gasteiger partial charge in [0, 0.05) is 35.6 Å². The van der Waals surface area contributed by atoms with Gasteiger partial charge in [-0.1, -0.05) is 6.92 Å². The number of nitrogens with one attached hydrogen (secondary N) is 1. The first-order valence-electron chi connectivity index (χ1n) is 2.32. The summed E-state index contributed by atoms with van der Waals surface area (Å²) in [7, 11) is 4.63. The molecule has 0 saturated heterocycles. The lowest BCUT2D eigenvalue weighted by atomic mass is 10.8. The Labute approximate surface area is 58.0 Å². The highest BCUT2D eigenvalue weighted by atomic mass is 33.1. The summed E-state index contributed by atoms with van der Waals surface area (Å²) in [6.07, 6.45) is 0. The van der Waals surface area contributed by atoms with Gasteiger partial charge < -0.3 is 0 Å². The summed E-state index contributed by atoms with van der Waals surface area (Å²) in [5.74, 6) is 0. The van der Waals surface area contributed by atoms with Crippen molar-refractivity contribution in [3.05, 3.63) is 0 Å². The number of hydrazine groups is 1. The molecule has 0 aromatic carbocycles. The molecule has 0 aromatic heterocycles. The van der Waals surface area contributed by atoms with Gasteiger partial charge in [0.15, 0.2) is 0 Å². The summed E-state index contributed by atoms with van der Waals surface area (Å²) < 4.78 is 1.87. The molecule has 0 bridgehead atoms. The monoisotopic (exact) mass is 153 g/mol. The van der Waals surface area contributed by atoms with Crippen molar-refractivity contribution < 1.29 is 0 Å². The Morgan fingerprint density at radius 2 is 2.38 bits per heavy atom. The molecule has 0 radical (unpaired) electrons. The minimum Gasteiger partial charge on any atom is -0.267 e. The van der Waals surface area contributed by atoms with Gasteiger partial charge in [0.2, 0.25) is 0 Å². The summed E-state index contributed by atoms with van der Waals surface area (Å²) in [6, 6.07) is 0. The van der Waals surface area contributed by atoms with Crippen molar-refractivity contribution >= 4 is 22.0 Å². The maximum Gasteiger partial charge on any atom is 0.0229 e. The minimum atomic E-state index is 0.935. The van der Waals surface area contributed by atoms with Crippen molar-refractivity contribution in [1.82, 2.24) is 9.84 Å². The molecule has 0 aliphatic heterocycles.